The zero-order valence-corrected chi connectivity index (χ0v) is 13.9. The van der Waals surface area contributed by atoms with Gasteiger partial charge in [0.2, 0.25) is 12.0 Å². The van der Waals surface area contributed by atoms with Gasteiger partial charge in [0.05, 0.1) is 12.3 Å². The Labute approximate surface area is 140 Å². The van der Waals surface area contributed by atoms with Crippen molar-refractivity contribution in [1.82, 2.24) is 10.6 Å². The number of rotatable bonds is 6. The lowest BCUT2D eigenvalue weighted by Gasteiger charge is -2.10. The van der Waals surface area contributed by atoms with E-state index in [9.17, 15) is 9.59 Å². The molecule has 1 aliphatic heterocycles. The van der Waals surface area contributed by atoms with Crippen LogP contribution in [-0.4, -0.2) is 36.7 Å². The molecular formula is C16H20ClN3O3. The van der Waals surface area contributed by atoms with Crippen molar-refractivity contribution in [2.24, 2.45) is 11.1 Å². The molecule has 0 unspecified atom stereocenters. The van der Waals surface area contributed by atoms with Crippen molar-refractivity contribution in [1.29, 1.82) is 0 Å². The molecule has 0 spiro atoms. The fraction of sp³-hybridized carbons (Fsp3) is 0.438. The van der Waals surface area contributed by atoms with E-state index in [0.717, 1.165) is 5.56 Å². The minimum atomic E-state index is -0.710. The highest BCUT2D eigenvalue weighted by molar-refractivity contribution is 6.30. The lowest BCUT2D eigenvalue weighted by atomic mass is 10.0. The molecule has 0 radical (unpaired) electrons. The second-order valence-electron chi connectivity index (χ2n) is 5.76. The smallest absolute Gasteiger partial charge is 0.264 e. The van der Waals surface area contributed by atoms with Gasteiger partial charge in [0.1, 0.15) is 0 Å². The van der Waals surface area contributed by atoms with Crippen molar-refractivity contribution in [3.63, 3.8) is 0 Å². The van der Waals surface area contributed by atoms with Crippen LogP contribution >= 0.6 is 11.6 Å². The van der Waals surface area contributed by atoms with Gasteiger partial charge >= 0.3 is 0 Å². The first kappa shape index (κ1) is 17.3. The van der Waals surface area contributed by atoms with E-state index in [2.05, 4.69) is 15.8 Å². The average Bonchev–Trinajstić information content (AvgIpc) is 3.01. The van der Waals surface area contributed by atoms with E-state index in [1.807, 2.05) is 26.0 Å². The molecule has 1 aromatic rings. The molecule has 2 N–H and O–H groups in total. The van der Waals surface area contributed by atoms with Gasteiger partial charge in [-0.1, -0.05) is 42.7 Å². The van der Waals surface area contributed by atoms with Gasteiger partial charge in [0.15, 0.2) is 0 Å². The first-order chi connectivity index (χ1) is 11.0. The van der Waals surface area contributed by atoms with Gasteiger partial charge in [-0.2, -0.15) is 0 Å². The summed E-state index contributed by atoms with van der Waals surface area (Å²) in [5, 5.41) is 9.86. The Hall–Kier alpha value is -2.08. The van der Waals surface area contributed by atoms with Crippen molar-refractivity contribution in [3.05, 3.63) is 34.9 Å². The third-order valence-electron chi connectivity index (χ3n) is 3.27. The predicted molar refractivity (Wildman–Crippen MR) is 88.3 cm³/mol. The third kappa shape index (κ3) is 5.25. The van der Waals surface area contributed by atoms with Crippen molar-refractivity contribution in [2.45, 2.75) is 26.4 Å². The molecule has 0 fully saturated rings. The fourth-order valence-electron chi connectivity index (χ4n) is 1.99. The number of hydrogen-bond donors (Lipinski definition) is 2. The van der Waals surface area contributed by atoms with E-state index in [0.29, 0.717) is 29.6 Å². The van der Waals surface area contributed by atoms with Crippen LogP contribution in [0.15, 0.2) is 29.4 Å². The molecule has 124 valence electrons. The normalized spacial score (nSPS) is 16.7. The second-order valence-corrected chi connectivity index (χ2v) is 6.20. The number of benzene rings is 1. The minimum absolute atomic E-state index is 0.0678. The van der Waals surface area contributed by atoms with Gasteiger partial charge in [-0.05, 0) is 23.6 Å². The van der Waals surface area contributed by atoms with Crippen molar-refractivity contribution < 1.29 is 14.4 Å². The molecule has 7 heteroatoms. The maximum atomic E-state index is 12.0. The number of carbonyl (C=O) groups is 2. The molecule has 1 aliphatic rings. The number of nitrogens with one attached hydrogen (secondary N) is 2. The van der Waals surface area contributed by atoms with Gasteiger partial charge in [0.25, 0.3) is 5.91 Å². The van der Waals surface area contributed by atoms with Gasteiger partial charge in [0, 0.05) is 18.0 Å². The molecule has 0 saturated heterocycles. The number of hydrogen-bond acceptors (Lipinski definition) is 4. The number of nitrogens with zero attached hydrogens (tertiary/aromatic N) is 1. The fourth-order valence-corrected chi connectivity index (χ4v) is 2.12. The molecule has 1 atom stereocenters. The van der Waals surface area contributed by atoms with Crippen LogP contribution in [0.3, 0.4) is 0 Å². The van der Waals surface area contributed by atoms with Crippen LogP contribution in [-0.2, 0) is 14.4 Å². The Morgan fingerprint density at radius 2 is 2.00 bits per heavy atom. The Bertz CT molecular complexity index is 599. The Morgan fingerprint density at radius 1 is 1.30 bits per heavy atom. The SMILES string of the molecule is CC(C)CNC(=O)CNC(=O)[C@H]1CC(c2ccc(Cl)cc2)=NO1. The number of halogens is 1. The quantitative estimate of drug-likeness (QED) is 0.829. The number of oxime groups is 1. The topological polar surface area (TPSA) is 79.8 Å². The number of carbonyl (C=O) groups excluding carboxylic acids is 2. The van der Waals surface area contributed by atoms with Crippen LogP contribution in [0.2, 0.25) is 5.02 Å². The second kappa shape index (κ2) is 7.97. The largest absolute Gasteiger partial charge is 0.382 e. The van der Waals surface area contributed by atoms with E-state index < -0.39 is 6.10 Å². The Kier molecular flexibility index (Phi) is 5.98. The van der Waals surface area contributed by atoms with E-state index in [-0.39, 0.29) is 18.4 Å². The van der Waals surface area contributed by atoms with Gasteiger partial charge < -0.3 is 15.5 Å². The first-order valence-electron chi connectivity index (χ1n) is 7.48. The molecule has 0 aromatic heterocycles. The lowest BCUT2D eigenvalue weighted by Crippen LogP contribution is -2.42. The molecule has 2 amide bonds. The van der Waals surface area contributed by atoms with E-state index in [4.69, 9.17) is 16.4 Å². The first-order valence-corrected chi connectivity index (χ1v) is 7.86. The van der Waals surface area contributed by atoms with E-state index in [1.165, 1.54) is 0 Å². The van der Waals surface area contributed by atoms with Crippen LogP contribution in [0.4, 0.5) is 0 Å². The standard InChI is InChI=1S/C16H20ClN3O3/c1-10(2)8-18-15(21)9-19-16(22)14-7-13(20-23-14)11-3-5-12(17)6-4-11/h3-6,10,14H,7-9H2,1-2H3,(H,18,21)(H,19,22)/t14-/m1/s1. The highest BCUT2D eigenvalue weighted by atomic mass is 35.5. The van der Waals surface area contributed by atoms with Crippen LogP contribution in [0.1, 0.15) is 25.8 Å². The van der Waals surface area contributed by atoms with Crippen LogP contribution in [0.5, 0.6) is 0 Å². The molecule has 1 heterocycles. The summed E-state index contributed by atoms with van der Waals surface area (Å²) in [6.45, 7) is 4.52. The van der Waals surface area contributed by atoms with Crippen molar-refractivity contribution in [3.8, 4) is 0 Å². The van der Waals surface area contributed by atoms with E-state index >= 15 is 0 Å². The zero-order valence-electron chi connectivity index (χ0n) is 13.1. The van der Waals surface area contributed by atoms with Crippen LogP contribution in [0.25, 0.3) is 0 Å². The van der Waals surface area contributed by atoms with Crippen molar-refractivity contribution in [2.75, 3.05) is 13.1 Å². The van der Waals surface area contributed by atoms with E-state index in [1.54, 1.807) is 12.1 Å². The lowest BCUT2D eigenvalue weighted by molar-refractivity contribution is -0.133. The summed E-state index contributed by atoms with van der Waals surface area (Å²) >= 11 is 5.84. The molecule has 0 saturated carbocycles. The van der Waals surface area contributed by atoms with Crippen LogP contribution < -0.4 is 10.6 Å². The monoisotopic (exact) mass is 337 g/mol. The van der Waals surface area contributed by atoms with Gasteiger partial charge in [-0.3, -0.25) is 9.59 Å². The minimum Gasteiger partial charge on any atom is -0.382 e. The molecule has 0 bridgehead atoms. The summed E-state index contributed by atoms with van der Waals surface area (Å²) in [6.07, 6.45) is -0.347. The molecule has 6 nitrogen and oxygen atoms in total. The molecule has 0 aliphatic carbocycles. The van der Waals surface area contributed by atoms with Crippen molar-refractivity contribution >= 4 is 29.1 Å². The summed E-state index contributed by atoms with van der Waals surface area (Å²) in [7, 11) is 0. The maximum absolute atomic E-state index is 12.0. The molecule has 23 heavy (non-hydrogen) atoms. The predicted octanol–water partition coefficient (Wildman–Crippen LogP) is 1.72. The average molecular weight is 338 g/mol. The molecule has 2 rings (SSSR count). The zero-order chi connectivity index (χ0) is 16.8. The highest BCUT2D eigenvalue weighted by Crippen LogP contribution is 2.18. The summed E-state index contributed by atoms with van der Waals surface area (Å²) in [5.74, 6) is -0.204. The Morgan fingerprint density at radius 3 is 2.65 bits per heavy atom. The Balaban J connectivity index is 1.77. The highest BCUT2D eigenvalue weighted by Gasteiger charge is 2.28. The summed E-state index contributed by atoms with van der Waals surface area (Å²) in [5.41, 5.74) is 1.55. The van der Waals surface area contributed by atoms with Gasteiger partial charge in [-0.15, -0.1) is 0 Å². The summed E-state index contributed by atoms with van der Waals surface area (Å²) in [6, 6.07) is 7.16. The summed E-state index contributed by atoms with van der Waals surface area (Å²) < 4.78 is 0. The van der Waals surface area contributed by atoms with Gasteiger partial charge in [-0.25, -0.2) is 0 Å². The third-order valence-corrected chi connectivity index (χ3v) is 3.52. The molecule has 1 aromatic carbocycles. The summed E-state index contributed by atoms with van der Waals surface area (Å²) in [4.78, 5) is 28.7. The number of amides is 2. The maximum Gasteiger partial charge on any atom is 0.264 e. The van der Waals surface area contributed by atoms with Crippen LogP contribution in [0, 0.1) is 5.92 Å². The molecular weight excluding hydrogens is 318 g/mol.